The van der Waals surface area contributed by atoms with E-state index in [9.17, 15) is 15.3 Å². The number of hydrogen-bond donors (Lipinski definition) is 0. The molecule has 1 aliphatic rings. The van der Waals surface area contributed by atoms with Gasteiger partial charge < -0.3 is 14.2 Å². The van der Waals surface area contributed by atoms with Gasteiger partial charge in [-0.25, -0.2) is 0 Å². The van der Waals surface area contributed by atoms with Crippen LogP contribution in [0.1, 0.15) is 30.8 Å². The third-order valence-corrected chi connectivity index (χ3v) is 6.21. The van der Waals surface area contributed by atoms with Crippen LogP contribution in [0, 0.1) is 42.4 Å². The summed E-state index contributed by atoms with van der Waals surface area (Å²) in [4.78, 5) is 16.9. The summed E-state index contributed by atoms with van der Waals surface area (Å²) in [6.45, 7) is 10.3. The van der Waals surface area contributed by atoms with Crippen LogP contribution in [-0.4, -0.2) is 59.6 Å². The molecular formula is C26H31N5O2. The summed E-state index contributed by atoms with van der Waals surface area (Å²) in [6, 6.07) is 14.1. The fourth-order valence-corrected chi connectivity index (χ4v) is 4.39. The van der Waals surface area contributed by atoms with E-state index in [2.05, 4.69) is 21.6 Å². The molecule has 0 N–H and O–H groups in total. The lowest BCUT2D eigenvalue weighted by molar-refractivity contribution is -0.128. The third-order valence-electron chi connectivity index (χ3n) is 6.21. The lowest BCUT2D eigenvalue weighted by Gasteiger charge is -2.38. The lowest BCUT2D eigenvalue weighted by Crippen LogP contribution is -2.53. The van der Waals surface area contributed by atoms with E-state index in [1.807, 2.05) is 58.0 Å². The molecule has 1 unspecified atom stereocenters. The van der Waals surface area contributed by atoms with E-state index in [1.54, 1.807) is 18.1 Å². The smallest absolute Gasteiger partial charge is 0.264 e. The monoisotopic (exact) mass is 445 g/mol. The first-order valence-corrected chi connectivity index (χ1v) is 11.2. The molecule has 1 saturated heterocycles. The Labute approximate surface area is 196 Å². The molecule has 7 nitrogen and oxygen atoms in total. The first-order chi connectivity index (χ1) is 15.8. The second-order valence-electron chi connectivity index (χ2n) is 8.68. The van der Waals surface area contributed by atoms with Crippen molar-refractivity contribution in [2.75, 3.05) is 33.3 Å². The SMILES string of the molecule is COc1ccc(-n2c(C)cc(/C=C(\C#N)C(=O)N3CCN(C(C#N)C(C)C)CC3)c2C)cc1. The van der Waals surface area contributed by atoms with Crippen LogP contribution in [0.2, 0.25) is 0 Å². The van der Waals surface area contributed by atoms with E-state index >= 15 is 0 Å². The fourth-order valence-electron chi connectivity index (χ4n) is 4.39. The molecule has 1 amide bonds. The van der Waals surface area contributed by atoms with Crippen molar-refractivity contribution in [3.63, 3.8) is 0 Å². The van der Waals surface area contributed by atoms with Crippen LogP contribution >= 0.6 is 0 Å². The van der Waals surface area contributed by atoms with Gasteiger partial charge in [0.05, 0.1) is 13.2 Å². The molecule has 1 aromatic heterocycles. The van der Waals surface area contributed by atoms with Crippen LogP contribution in [0.3, 0.4) is 0 Å². The maximum absolute atomic E-state index is 13.1. The third kappa shape index (κ3) is 5.10. The van der Waals surface area contributed by atoms with Crippen molar-refractivity contribution in [3.05, 3.63) is 52.9 Å². The first-order valence-electron chi connectivity index (χ1n) is 11.2. The van der Waals surface area contributed by atoms with Crippen molar-refractivity contribution in [1.29, 1.82) is 10.5 Å². The molecule has 33 heavy (non-hydrogen) atoms. The topological polar surface area (TPSA) is 85.3 Å². The molecule has 0 bridgehead atoms. The highest BCUT2D eigenvalue weighted by Crippen LogP contribution is 2.25. The molecular weight excluding hydrogens is 414 g/mol. The molecule has 0 radical (unpaired) electrons. The van der Waals surface area contributed by atoms with Crippen LogP contribution in [0.25, 0.3) is 11.8 Å². The molecule has 3 rings (SSSR count). The number of rotatable bonds is 6. The minimum absolute atomic E-state index is 0.124. The van der Waals surface area contributed by atoms with Crippen molar-refractivity contribution in [3.8, 4) is 23.6 Å². The summed E-state index contributed by atoms with van der Waals surface area (Å²) in [5.41, 5.74) is 3.93. The zero-order valence-electron chi connectivity index (χ0n) is 20.0. The lowest BCUT2D eigenvalue weighted by atomic mass is 10.0. The zero-order chi connectivity index (χ0) is 24.1. The van der Waals surface area contributed by atoms with Gasteiger partial charge in [-0.2, -0.15) is 10.5 Å². The van der Waals surface area contributed by atoms with Gasteiger partial charge in [0.1, 0.15) is 23.4 Å². The molecule has 0 spiro atoms. The number of carbonyl (C=O) groups excluding carboxylic acids is 1. The second-order valence-corrected chi connectivity index (χ2v) is 8.68. The van der Waals surface area contributed by atoms with Gasteiger partial charge in [0, 0.05) is 43.3 Å². The molecule has 2 heterocycles. The number of nitriles is 2. The molecule has 7 heteroatoms. The minimum Gasteiger partial charge on any atom is -0.497 e. The number of hydrogen-bond acceptors (Lipinski definition) is 5. The molecule has 0 saturated carbocycles. The highest BCUT2D eigenvalue weighted by Gasteiger charge is 2.29. The number of nitrogens with zero attached hydrogens (tertiary/aromatic N) is 5. The molecule has 0 aliphatic carbocycles. The summed E-state index contributed by atoms with van der Waals surface area (Å²) in [5, 5.41) is 19.2. The molecule has 1 aliphatic heterocycles. The van der Waals surface area contributed by atoms with E-state index in [-0.39, 0.29) is 23.4 Å². The van der Waals surface area contributed by atoms with Gasteiger partial charge in [0.15, 0.2) is 0 Å². The number of benzene rings is 1. The average Bonchev–Trinajstić information content (AvgIpc) is 3.10. The number of carbonyl (C=O) groups is 1. The van der Waals surface area contributed by atoms with Gasteiger partial charge >= 0.3 is 0 Å². The molecule has 2 aromatic rings. The standard InChI is InChI=1S/C26H31N5O2/c1-18(2)25(17-28)29-10-12-30(13-11-29)26(32)22(16-27)15-21-14-19(3)31(20(21)4)23-6-8-24(33-5)9-7-23/h6-9,14-15,18,25H,10-13H2,1-5H3/b22-15+. The van der Waals surface area contributed by atoms with Gasteiger partial charge in [-0.05, 0) is 61.7 Å². The highest BCUT2D eigenvalue weighted by atomic mass is 16.5. The van der Waals surface area contributed by atoms with Crippen molar-refractivity contribution < 1.29 is 9.53 Å². The molecule has 1 aromatic carbocycles. The first kappa shape index (κ1) is 24.1. The number of aryl methyl sites for hydroxylation is 1. The van der Waals surface area contributed by atoms with Gasteiger partial charge in [-0.3, -0.25) is 9.69 Å². The minimum atomic E-state index is -0.260. The van der Waals surface area contributed by atoms with Gasteiger partial charge in [0.25, 0.3) is 5.91 Å². The predicted octanol–water partition coefficient (Wildman–Crippen LogP) is 3.70. The average molecular weight is 446 g/mol. The van der Waals surface area contributed by atoms with Crippen molar-refractivity contribution >= 4 is 12.0 Å². The van der Waals surface area contributed by atoms with E-state index in [0.717, 1.165) is 28.4 Å². The normalized spacial score (nSPS) is 15.8. The highest BCUT2D eigenvalue weighted by molar-refractivity contribution is 6.02. The Morgan fingerprint density at radius 3 is 2.24 bits per heavy atom. The van der Waals surface area contributed by atoms with E-state index in [0.29, 0.717) is 26.2 Å². The Hall–Kier alpha value is -3.55. The summed E-state index contributed by atoms with van der Waals surface area (Å²) in [6.07, 6.45) is 1.68. The summed E-state index contributed by atoms with van der Waals surface area (Å²) >= 11 is 0. The Morgan fingerprint density at radius 1 is 1.09 bits per heavy atom. The Kier molecular flexibility index (Phi) is 7.58. The Morgan fingerprint density at radius 2 is 1.73 bits per heavy atom. The largest absolute Gasteiger partial charge is 0.497 e. The number of ether oxygens (including phenoxy) is 1. The van der Waals surface area contributed by atoms with Gasteiger partial charge in [-0.1, -0.05) is 13.8 Å². The number of aromatic nitrogens is 1. The van der Waals surface area contributed by atoms with Gasteiger partial charge in [0.2, 0.25) is 0 Å². The molecule has 1 fully saturated rings. The summed E-state index contributed by atoms with van der Waals surface area (Å²) in [7, 11) is 1.64. The van der Waals surface area contributed by atoms with Crippen LogP contribution in [0.4, 0.5) is 0 Å². The summed E-state index contributed by atoms with van der Waals surface area (Å²) < 4.78 is 7.34. The van der Waals surface area contributed by atoms with Crippen molar-refractivity contribution in [2.45, 2.75) is 33.7 Å². The van der Waals surface area contributed by atoms with Crippen LogP contribution < -0.4 is 4.74 Å². The van der Waals surface area contributed by atoms with E-state index in [4.69, 9.17) is 4.74 Å². The van der Waals surface area contributed by atoms with Crippen LogP contribution in [0.15, 0.2) is 35.9 Å². The quantitative estimate of drug-likeness (QED) is 0.500. The zero-order valence-corrected chi connectivity index (χ0v) is 20.0. The maximum atomic E-state index is 13.1. The van der Waals surface area contributed by atoms with Crippen molar-refractivity contribution in [2.24, 2.45) is 5.92 Å². The number of amides is 1. The summed E-state index contributed by atoms with van der Waals surface area (Å²) in [5.74, 6) is 0.755. The maximum Gasteiger partial charge on any atom is 0.264 e. The predicted molar refractivity (Wildman–Crippen MR) is 128 cm³/mol. The number of methoxy groups -OCH3 is 1. The van der Waals surface area contributed by atoms with Crippen LogP contribution in [0.5, 0.6) is 5.75 Å². The van der Waals surface area contributed by atoms with Gasteiger partial charge in [-0.15, -0.1) is 0 Å². The Balaban J connectivity index is 1.79. The van der Waals surface area contributed by atoms with Crippen LogP contribution in [-0.2, 0) is 4.79 Å². The number of piperazine rings is 1. The fraction of sp³-hybridized carbons (Fsp3) is 0.423. The molecule has 1 atom stereocenters. The van der Waals surface area contributed by atoms with E-state index < -0.39 is 0 Å². The molecule has 172 valence electrons. The Bertz CT molecular complexity index is 1110. The van der Waals surface area contributed by atoms with Crippen molar-refractivity contribution in [1.82, 2.24) is 14.4 Å². The van der Waals surface area contributed by atoms with E-state index in [1.165, 1.54) is 0 Å². The second kappa shape index (κ2) is 10.4.